The highest BCUT2D eigenvalue weighted by Crippen LogP contribution is 2.13. The van der Waals surface area contributed by atoms with Gasteiger partial charge in [0, 0.05) is 24.8 Å². The van der Waals surface area contributed by atoms with Gasteiger partial charge in [0.1, 0.15) is 0 Å². The first-order chi connectivity index (χ1) is 7.82. The molecule has 0 aliphatic carbocycles. The Hall–Kier alpha value is -1.95. The molecule has 1 aromatic carbocycles. The first-order valence-electron chi connectivity index (χ1n) is 4.61. The van der Waals surface area contributed by atoms with Crippen LogP contribution in [0.15, 0.2) is 24.3 Å². The monoisotopic (exact) mass is 258 g/mol. The number of hydrogen-bond donors (Lipinski definition) is 3. The summed E-state index contributed by atoms with van der Waals surface area (Å²) in [6, 6.07) is 5.98. The quantitative estimate of drug-likeness (QED) is 0.710. The van der Waals surface area contributed by atoms with Gasteiger partial charge < -0.3 is 21.7 Å². The number of halogens is 1. The SMILES string of the molecule is CN(C)C(=O)Nc1ccc(Cl)cc1.NC(N)=O. The zero-order chi connectivity index (χ0) is 13.4. The predicted molar refractivity (Wildman–Crippen MR) is 67.9 cm³/mol. The molecule has 0 aliphatic rings. The second kappa shape index (κ2) is 7.34. The normalized spacial score (nSPS) is 8.65. The molecule has 0 bridgehead atoms. The predicted octanol–water partition coefficient (Wildman–Crippen LogP) is 1.46. The van der Waals surface area contributed by atoms with Crippen molar-refractivity contribution >= 4 is 29.4 Å². The molecule has 0 saturated carbocycles. The van der Waals surface area contributed by atoms with Crippen molar-refractivity contribution in [2.45, 2.75) is 0 Å². The number of amides is 4. The molecule has 0 unspecified atom stereocenters. The molecule has 0 aliphatic heterocycles. The van der Waals surface area contributed by atoms with E-state index < -0.39 is 6.03 Å². The van der Waals surface area contributed by atoms with E-state index in [-0.39, 0.29) is 6.03 Å². The van der Waals surface area contributed by atoms with E-state index in [9.17, 15) is 4.79 Å². The van der Waals surface area contributed by atoms with Crippen LogP contribution in [0.1, 0.15) is 0 Å². The summed E-state index contributed by atoms with van der Waals surface area (Å²) >= 11 is 5.69. The van der Waals surface area contributed by atoms with Crippen LogP contribution in [0.2, 0.25) is 5.02 Å². The molecule has 0 atom stereocenters. The highest BCUT2D eigenvalue weighted by atomic mass is 35.5. The van der Waals surface area contributed by atoms with Crippen LogP contribution in [0.3, 0.4) is 0 Å². The fraction of sp³-hybridized carbons (Fsp3) is 0.200. The molecule has 17 heavy (non-hydrogen) atoms. The fourth-order valence-electron chi connectivity index (χ4n) is 0.769. The van der Waals surface area contributed by atoms with Crippen molar-refractivity contribution in [2.24, 2.45) is 11.5 Å². The van der Waals surface area contributed by atoms with E-state index in [1.807, 2.05) is 0 Å². The van der Waals surface area contributed by atoms with Gasteiger partial charge in [-0.3, -0.25) is 0 Å². The first kappa shape index (κ1) is 15.0. The molecule has 5 N–H and O–H groups in total. The van der Waals surface area contributed by atoms with Crippen LogP contribution in [-0.2, 0) is 0 Å². The van der Waals surface area contributed by atoms with Crippen LogP contribution in [0, 0.1) is 0 Å². The third kappa shape index (κ3) is 7.92. The number of rotatable bonds is 1. The molecular formula is C10H15ClN4O2. The number of carbonyl (C=O) groups excluding carboxylic acids is 2. The molecule has 0 heterocycles. The minimum absolute atomic E-state index is 0.151. The zero-order valence-electron chi connectivity index (χ0n) is 9.61. The lowest BCUT2D eigenvalue weighted by Crippen LogP contribution is -2.27. The Bertz CT molecular complexity index is 374. The van der Waals surface area contributed by atoms with Gasteiger partial charge >= 0.3 is 12.1 Å². The van der Waals surface area contributed by atoms with Crippen molar-refractivity contribution in [1.82, 2.24) is 4.90 Å². The van der Waals surface area contributed by atoms with Crippen molar-refractivity contribution in [3.63, 3.8) is 0 Å². The summed E-state index contributed by atoms with van der Waals surface area (Å²) in [4.78, 5) is 21.6. The maximum absolute atomic E-state index is 11.2. The minimum Gasteiger partial charge on any atom is -0.352 e. The van der Waals surface area contributed by atoms with Gasteiger partial charge in [-0.1, -0.05) is 11.6 Å². The van der Waals surface area contributed by atoms with E-state index >= 15 is 0 Å². The number of nitrogens with one attached hydrogen (secondary N) is 1. The van der Waals surface area contributed by atoms with Crippen LogP contribution >= 0.6 is 11.6 Å². The molecule has 94 valence electrons. The van der Waals surface area contributed by atoms with E-state index in [1.165, 1.54) is 4.90 Å². The largest absolute Gasteiger partial charge is 0.352 e. The summed E-state index contributed by atoms with van der Waals surface area (Å²) < 4.78 is 0. The van der Waals surface area contributed by atoms with E-state index in [1.54, 1.807) is 38.4 Å². The molecule has 4 amide bonds. The van der Waals surface area contributed by atoms with Gasteiger partial charge in [0.25, 0.3) is 0 Å². The summed E-state index contributed by atoms with van der Waals surface area (Å²) in [7, 11) is 3.37. The maximum atomic E-state index is 11.2. The molecule has 0 aromatic heterocycles. The smallest absolute Gasteiger partial charge is 0.321 e. The number of nitrogens with two attached hydrogens (primary N) is 2. The second-order valence-corrected chi connectivity index (χ2v) is 3.67. The standard InChI is InChI=1S/C9H11ClN2O.CH4N2O/c1-12(2)9(13)11-8-5-3-7(10)4-6-8;2-1(3)4/h3-6H,1-2H3,(H,11,13);(H4,2,3,4). The minimum atomic E-state index is -0.833. The van der Waals surface area contributed by atoms with Crippen LogP contribution in [0.25, 0.3) is 0 Å². The summed E-state index contributed by atoms with van der Waals surface area (Å²) in [5, 5.41) is 3.35. The van der Waals surface area contributed by atoms with Crippen LogP contribution in [-0.4, -0.2) is 31.1 Å². The van der Waals surface area contributed by atoms with E-state index in [2.05, 4.69) is 16.8 Å². The van der Waals surface area contributed by atoms with Gasteiger partial charge in [-0.25, -0.2) is 9.59 Å². The summed E-state index contributed by atoms with van der Waals surface area (Å²) in [6.07, 6.45) is 0. The summed E-state index contributed by atoms with van der Waals surface area (Å²) in [5.74, 6) is 0. The maximum Gasteiger partial charge on any atom is 0.321 e. The highest BCUT2D eigenvalue weighted by Gasteiger charge is 2.02. The van der Waals surface area contributed by atoms with Crippen LogP contribution < -0.4 is 16.8 Å². The Balaban J connectivity index is 0.000000557. The van der Waals surface area contributed by atoms with Gasteiger partial charge in [0.05, 0.1) is 0 Å². The van der Waals surface area contributed by atoms with Crippen LogP contribution in [0.4, 0.5) is 15.3 Å². The molecule has 0 fully saturated rings. The molecule has 0 saturated heterocycles. The van der Waals surface area contributed by atoms with Crippen molar-refractivity contribution in [3.8, 4) is 0 Å². The Labute approximate surface area is 105 Å². The van der Waals surface area contributed by atoms with E-state index in [0.29, 0.717) is 5.02 Å². The lowest BCUT2D eigenvalue weighted by atomic mass is 10.3. The molecule has 7 heteroatoms. The fourth-order valence-corrected chi connectivity index (χ4v) is 0.894. The van der Waals surface area contributed by atoms with Gasteiger partial charge in [0.15, 0.2) is 0 Å². The second-order valence-electron chi connectivity index (χ2n) is 3.23. The lowest BCUT2D eigenvalue weighted by molar-refractivity contribution is 0.230. The van der Waals surface area contributed by atoms with E-state index in [0.717, 1.165) is 5.69 Å². The summed E-state index contributed by atoms with van der Waals surface area (Å²) in [5.41, 5.74) is 9.24. The number of anilines is 1. The number of urea groups is 2. The first-order valence-corrected chi connectivity index (χ1v) is 4.99. The van der Waals surface area contributed by atoms with Gasteiger partial charge in [-0.2, -0.15) is 0 Å². The van der Waals surface area contributed by atoms with Crippen molar-refractivity contribution < 1.29 is 9.59 Å². The average molecular weight is 259 g/mol. The van der Waals surface area contributed by atoms with E-state index in [4.69, 9.17) is 16.4 Å². The average Bonchev–Trinajstić information content (AvgIpc) is 2.20. The highest BCUT2D eigenvalue weighted by molar-refractivity contribution is 6.30. The summed E-state index contributed by atoms with van der Waals surface area (Å²) in [6.45, 7) is 0. The number of nitrogens with zero attached hydrogens (tertiary/aromatic N) is 1. The van der Waals surface area contributed by atoms with Gasteiger partial charge in [-0.05, 0) is 24.3 Å². The molecule has 1 rings (SSSR count). The topological polar surface area (TPSA) is 101 Å². The third-order valence-corrected chi connectivity index (χ3v) is 1.75. The zero-order valence-corrected chi connectivity index (χ0v) is 10.4. The number of benzene rings is 1. The number of carbonyl (C=O) groups is 2. The Morgan fingerprint density at radius 3 is 1.94 bits per heavy atom. The third-order valence-electron chi connectivity index (χ3n) is 1.50. The van der Waals surface area contributed by atoms with Crippen molar-refractivity contribution in [2.75, 3.05) is 19.4 Å². The van der Waals surface area contributed by atoms with Gasteiger partial charge in [0.2, 0.25) is 0 Å². The molecule has 0 spiro atoms. The Morgan fingerprint density at radius 1 is 1.18 bits per heavy atom. The molecule has 6 nitrogen and oxygen atoms in total. The number of primary amides is 2. The van der Waals surface area contributed by atoms with Crippen molar-refractivity contribution in [1.29, 1.82) is 0 Å². The number of hydrogen-bond acceptors (Lipinski definition) is 2. The lowest BCUT2D eigenvalue weighted by Gasteiger charge is -2.11. The molecular weight excluding hydrogens is 244 g/mol. The Morgan fingerprint density at radius 2 is 1.59 bits per heavy atom. The Kier molecular flexibility index (Phi) is 6.50. The molecule has 0 radical (unpaired) electrons. The van der Waals surface area contributed by atoms with Crippen molar-refractivity contribution in [3.05, 3.63) is 29.3 Å². The molecule has 1 aromatic rings. The van der Waals surface area contributed by atoms with Crippen LogP contribution in [0.5, 0.6) is 0 Å². The van der Waals surface area contributed by atoms with Gasteiger partial charge in [-0.15, -0.1) is 0 Å².